The Bertz CT molecular complexity index is 402. The minimum atomic E-state index is -0.757. The van der Waals surface area contributed by atoms with Crippen LogP contribution in [0.5, 0.6) is 0 Å². The summed E-state index contributed by atoms with van der Waals surface area (Å²) in [5.41, 5.74) is 5.32. The summed E-state index contributed by atoms with van der Waals surface area (Å²) in [6.45, 7) is 1.66. The van der Waals surface area contributed by atoms with Gasteiger partial charge in [-0.05, 0) is 40.9 Å². The molecule has 0 aromatic carbocycles. The van der Waals surface area contributed by atoms with Crippen molar-refractivity contribution in [2.24, 2.45) is 5.73 Å². The highest BCUT2D eigenvalue weighted by molar-refractivity contribution is 9.11. The molecule has 0 spiro atoms. The molecule has 2 rings (SSSR count). The highest BCUT2D eigenvalue weighted by Crippen LogP contribution is 2.22. The lowest BCUT2D eigenvalue weighted by molar-refractivity contribution is -0.129. The number of carbonyl (C=O) groups is 1. The number of nitrogens with two attached hydrogens (primary N) is 1. The number of carbonyl (C=O) groups excluding carboxylic acids is 1. The molecule has 1 saturated heterocycles. The molecule has 0 bridgehead atoms. The Hall–Kier alpha value is -0.430. The van der Waals surface area contributed by atoms with E-state index in [0.717, 1.165) is 8.66 Å². The lowest BCUT2D eigenvalue weighted by Crippen LogP contribution is -2.56. The molecule has 94 valence electrons. The van der Waals surface area contributed by atoms with Crippen molar-refractivity contribution in [2.45, 2.75) is 24.9 Å². The van der Waals surface area contributed by atoms with Crippen LogP contribution in [-0.4, -0.2) is 24.7 Å². The third-order valence-electron chi connectivity index (χ3n) is 2.89. The number of ether oxygens (including phenoxy) is 1. The van der Waals surface area contributed by atoms with E-state index in [4.69, 9.17) is 10.5 Å². The Morgan fingerprint density at radius 1 is 1.53 bits per heavy atom. The molecule has 1 aliphatic rings. The zero-order valence-corrected chi connectivity index (χ0v) is 11.8. The Morgan fingerprint density at radius 2 is 2.24 bits per heavy atom. The van der Waals surface area contributed by atoms with Gasteiger partial charge in [-0.25, -0.2) is 0 Å². The molecule has 0 unspecified atom stereocenters. The molecule has 3 N–H and O–H groups in total. The molecule has 1 aliphatic heterocycles. The number of hydrogen-bond donors (Lipinski definition) is 2. The molecular weight excluding hydrogens is 304 g/mol. The SMILES string of the molecule is NC1(C(=O)NCc2ccc(Br)s2)CCOCC1. The standard InChI is InChI=1S/C11H15BrN2O2S/c12-9-2-1-8(17-9)7-14-10(15)11(13)3-5-16-6-4-11/h1-2H,3-7,13H2,(H,14,15). The number of thiophene rings is 1. The van der Waals surface area contributed by atoms with Gasteiger partial charge >= 0.3 is 0 Å². The first kappa shape index (κ1) is 13.0. The fourth-order valence-corrected chi connectivity index (χ4v) is 3.18. The van der Waals surface area contributed by atoms with Crippen molar-refractivity contribution in [3.05, 3.63) is 20.8 Å². The summed E-state index contributed by atoms with van der Waals surface area (Å²) < 4.78 is 6.28. The number of halogens is 1. The van der Waals surface area contributed by atoms with E-state index in [2.05, 4.69) is 21.2 Å². The van der Waals surface area contributed by atoms with Crippen LogP contribution in [0, 0.1) is 0 Å². The van der Waals surface area contributed by atoms with Gasteiger partial charge in [-0.3, -0.25) is 4.79 Å². The Kier molecular flexibility index (Phi) is 4.19. The van der Waals surface area contributed by atoms with Crippen LogP contribution in [0.4, 0.5) is 0 Å². The second-order valence-electron chi connectivity index (χ2n) is 4.16. The zero-order valence-electron chi connectivity index (χ0n) is 9.37. The first-order valence-electron chi connectivity index (χ1n) is 5.49. The van der Waals surface area contributed by atoms with Crippen LogP contribution in [0.15, 0.2) is 15.9 Å². The first-order valence-corrected chi connectivity index (χ1v) is 7.10. The fourth-order valence-electron chi connectivity index (χ4n) is 1.75. The summed E-state index contributed by atoms with van der Waals surface area (Å²) in [7, 11) is 0. The van der Waals surface area contributed by atoms with E-state index in [1.54, 1.807) is 11.3 Å². The predicted octanol–water partition coefficient (Wildman–Crippen LogP) is 1.63. The first-order chi connectivity index (χ1) is 8.10. The van der Waals surface area contributed by atoms with E-state index in [0.29, 0.717) is 32.6 Å². The number of rotatable bonds is 3. The van der Waals surface area contributed by atoms with Gasteiger partial charge in [-0.2, -0.15) is 0 Å². The molecular formula is C11H15BrN2O2S. The average molecular weight is 319 g/mol. The van der Waals surface area contributed by atoms with Gasteiger partial charge in [0, 0.05) is 18.1 Å². The topological polar surface area (TPSA) is 64.4 Å². The monoisotopic (exact) mass is 318 g/mol. The second kappa shape index (κ2) is 5.48. The Morgan fingerprint density at radius 3 is 2.82 bits per heavy atom. The van der Waals surface area contributed by atoms with Crippen LogP contribution in [0.3, 0.4) is 0 Å². The molecule has 6 heteroatoms. The molecule has 0 radical (unpaired) electrons. The van der Waals surface area contributed by atoms with Crippen LogP contribution in [0.1, 0.15) is 17.7 Å². The van der Waals surface area contributed by atoms with Crippen molar-refractivity contribution in [1.29, 1.82) is 0 Å². The van der Waals surface area contributed by atoms with E-state index in [1.165, 1.54) is 0 Å². The van der Waals surface area contributed by atoms with E-state index in [1.807, 2.05) is 12.1 Å². The number of nitrogens with one attached hydrogen (secondary N) is 1. The summed E-state index contributed by atoms with van der Waals surface area (Å²) in [6, 6.07) is 3.96. The summed E-state index contributed by atoms with van der Waals surface area (Å²) in [6.07, 6.45) is 1.18. The fraction of sp³-hybridized carbons (Fsp3) is 0.545. The van der Waals surface area contributed by atoms with Crippen molar-refractivity contribution in [1.82, 2.24) is 5.32 Å². The summed E-state index contributed by atoms with van der Waals surface area (Å²) in [4.78, 5) is 13.1. The van der Waals surface area contributed by atoms with Crippen LogP contribution in [0.25, 0.3) is 0 Å². The number of amides is 1. The van der Waals surface area contributed by atoms with Gasteiger partial charge in [0.05, 0.1) is 15.9 Å². The highest BCUT2D eigenvalue weighted by Gasteiger charge is 2.35. The zero-order chi connectivity index (χ0) is 12.3. The maximum atomic E-state index is 12.0. The summed E-state index contributed by atoms with van der Waals surface area (Å²) >= 11 is 5.00. The van der Waals surface area contributed by atoms with Crippen LogP contribution >= 0.6 is 27.3 Å². The van der Waals surface area contributed by atoms with Crippen molar-refractivity contribution in [2.75, 3.05) is 13.2 Å². The molecule has 0 aliphatic carbocycles. The van der Waals surface area contributed by atoms with Gasteiger partial charge in [-0.1, -0.05) is 0 Å². The lowest BCUT2D eigenvalue weighted by Gasteiger charge is -2.31. The van der Waals surface area contributed by atoms with Crippen LogP contribution in [-0.2, 0) is 16.1 Å². The van der Waals surface area contributed by atoms with Crippen molar-refractivity contribution >= 4 is 33.2 Å². The van der Waals surface area contributed by atoms with Crippen LogP contribution in [0.2, 0.25) is 0 Å². The third kappa shape index (κ3) is 3.28. The van der Waals surface area contributed by atoms with Gasteiger partial charge in [0.15, 0.2) is 0 Å². The Balaban J connectivity index is 1.88. The molecule has 17 heavy (non-hydrogen) atoms. The van der Waals surface area contributed by atoms with Crippen LogP contribution < -0.4 is 11.1 Å². The molecule has 1 aromatic heterocycles. The van der Waals surface area contributed by atoms with Crippen molar-refractivity contribution in [3.63, 3.8) is 0 Å². The highest BCUT2D eigenvalue weighted by atomic mass is 79.9. The van der Waals surface area contributed by atoms with Gasteiger partial charge in [-0.15, -0.1) is 11.3 Å². The quantitative estimate of drug-likeness (QED) is 0.890. The maximum Gasteiger partial charge on any atom is 0.240 e. The van der Waals surface area contributed by atoms with Crippen molar-refractivity contribution in [3.8, 4) is 0 Å². The Labute approximate surface area is 113 Å². The molecule has 1 fully saturated rings. The second-order valence-corrected chi connectivity index (χ2v) is 6.70. The molecule has 0 saturated carbocycles. The summed E-state index contributed by atoms with van der Waals surface area (Å²) in [5, 5.41) is 2.89. The maximum absolute atomic E-state index is 12.0. The summed E-state index contributed by atoms with van der Waals surface area (Å²) in [5.74, 6) is -0.0784. The average Bonchev–Trinajstić information content (AvgIpc) is 2.73. The normalized spacial score (nSPS) is 18.9. The van der Waals surface area contributed by atoms with E-state index in [-0.39, 0.29) is 5.91 Å². The van der Waals surface area contributed by atoms with Crippen molar-refractivity contribution < 1.29 is 9.53 Å². The lowest BCUT2D eigenvalue weighted by atomic mass is 9.90. The predicted molar refractivity (Wildman–Crippen MR) is 70.8 cm³/mol. The minimum absolute atomic E-state index is 0.0784. The molecule has 4 nitrogen and oxygen atoms in total. The molecule has 0 atom stereocenters. The van der Waals surface area contributed by atoms with Gasteiger partial charge in [0.25, 0.3) is 0 Å². The largest absolute Gasteiger partial charge is 0.381 e. The molecule has 2 heterocycles. The molecule has 1 amide bonds. The van der Waals surface area contributed by atoms with Gasteiger partial charge in [0.2, 0.25) is 5.91 Å². The minimum Gasteiger partial charge on any atom is -0.381 e. The smallest absolute Gasteiger partial charge is 0.240 e. The van der Waals surface area contributed by atoms with E-state index in [9.17, 15) is 4.79 Å². The number of hydrogen-bond acceptors (Lipinski definition) is 4. The van der Waals surface area contributed by atoms with E-state index < -0.39 is 5.54 Å². The van der Waals surface area contributed by atoms with Gasteiger partial charge in [0.1, 0.15) is 0 Å². The van der Waals surface area contributed by atoms with E-state index >= 15 is 0 Å². The third-order valence-corrected chi connectivity index (χ3v) is 4.51. The van der Waals surface area contributed by atoms with Gasteiger partial charge < -0.3 is 15.8 Å². The molecule has 1 aromatic rings.